The Hall–Kier alpha value is -2.13. The summed E-state index contributed by atoms with van der Waals surface area (Å²) in [6.45, 7) is -2.49. The fraction of sp³-hybridized carbons (Fsp3) is 0.357. The number of hydrogen-bond acceptors (Lipinski definition) is 4. The maximum Gasteiger partial charge on any atom is 0.387 e. The molecule has 0 bridgehead atoms. The number of ether oxygens (including phenoxy) is 1. The Bertz CT molecular complexity index is 753. The van der Waals surface area contributed by atoms with Crippen molar-refractivity contribution in [2.24, 2.45) is 12.0 Å². The summed E-state index contributed by atoms with van der Waals surface area (Å²) in [6.07, 6.45) is 1.58. The molecule has 136 valence electrons. The van der Waals surface area contributed by atoms with E-state index in [1.165, 1.54) is 12.1 Å². The van der Waals surface area contributed by atoms with Gasteiger partial charge in [-0.15, -0.1) is 10.2 Å². The average Bonchev–Trinajstić information content (AvgIpc) is 2.95. The van der Waals surface area contributed by atoms with Crippen LogP contribution in [0.2, 0.25) is 10.0 Å². The van der Waals surface area contributed by atoms with E-state index in [1.54, 1.807) is 17.9 Å². The number of guanidine groups is 1. The van der Waals surface area contributed by atoms with E-state index in [0.29, 0.717) is 28.9 Å². The van der Waals surface area contributed by atoms with Crippen molar-refractivity contribution in [1.82, 2.24) is 25.4 Å². The number of alkyl halides is 2. The lowest BCUT2D eigenvalue weighted by molar-refractivity contribution is -0.0504. The molecule has 1 aromatic heterocycles. The Morgan fingerprint density at radius 1 is 1.32 bits per heavy atom. The van der Waals surface area contributed by atoms with Crippen molar-refractivity contribution in [3.05, 3.63) is 39.9 Å². The van der Waals surface area contributed by atoms with Crippen molar-refractivity contribution < 1.29 is 13.5 Å². The third-order valence-corrected chi connectivity index (χ3v) is 3.68. The largest absolute Gasteiger partial charge is 0.433 e. The Balaban J connectivity index is 2.04. The Morgan fingerprint density at radius 2 is 2.04 bits per heavy atom. The monoisotopic (exact) mass is 392 g/mol. The number of rotatable bonds is 6. The zero-order valence-electron chi connectivity index (χ0n) is 13.4. The number of aliphatic imine (C=N–C) groups is 1. The molecule has 0 aliphatic heterocycles. The molecule has 0 radical (unpaired) electrons. The molecule has 0 aliphatic rings. The first kappa shape index (κ1) is 19.2. The van der Waals surface area contributed by atoms with Crippen molar-refractivity contribution in [3.63, 3.8) is 0 Å². The van der Waals surface area contributed by atoms with Crippen molar-refractivity contribution in [3.8, 4) is 5.75 Å². The quantitative estimate of drug-likeness (QED) is 0.583. The van der Waals surface area contributed by atoms with Crippen LogP contribution in [-0.2, 0) is 20.1 Å². The lowest BCUT2D eigenvalue weighted by atomic mass is 10.2. The minimum absolute atomic E-state index is 0.00614. The van der Waals surface area contributed by atoms with Crippen LogP contribution in [0.1, 0.15) is 11.4 Å². The van der Waals surface area contributed by atoms with Gasteiger partial charge in [-0.1, -0.05) is 23.2 Å². The van der Waals surface area contributed by atoms with Gasteiger partial charge >= 0.3 is 6.61 Å². The van der Waals surface area contributed by atoms with Crippen LogP contribution >= 0.6 is 23.2 Å². The number of benzene rings is 1. The molecule has 2 aromatic rings. The van der Waals surface area contributed by atoms with Gasteiger partial charge < -0.3 is 19.9 Å². The molecule has 1 heterocycles. The van der Waals surface area contributed by atoms with Crippen LogP contribution in [0.15, 0.2) is 23.5 Å². The van der Waals surface area contributed by atoms with Crippen molar-refractivity contribution in [1.29, 1.82) is 0 Å². The Labute approximate surface area is 153 Å². The number of halogens is 4. The standard InChI is InChI=1S/C14H16Cl2F2N6O/c1-19-14(21-6-11-23-22-7-24(11)2)20-5-8-3-9(15)4-10(16)12(8)25-13(17)18/h3-4,7,13H,5-6H2,1-2H3,(H2,19,20,21). The van der Waals surface area contributed by atoms with E-state index in [4.69, 9.17) is 23.2 Å². The fourth-order valence-electron chi connectivity index (χ4n) is 2.00. The molecular weight excluding hydrogens is 377 g/mol. The van der Waals surface area contributed by atoms with Gasteiger partial charge in [0.05, 0.1) is 11.6 Å². The van der Waals surface area contributed by atoms with Gasteiger partial charge in [-0.2, -0.15) is 8.78 Å². The van der Waals surface area contributed by atoms with Crippen LogP contribution in [-0.4, -0.2) is 34.4 Å². The normalized spacial score (nSPS) is 11.7. The molecule has 0 unspecified atom stereocenters. The fourth-order valence-corrected chi connectivity index (χ4v) is 2.58. The highest BCUT2D eigenvalue weighted by Crippen LogP contribution is 2.33. The van der Waals surface area contributed by atoms with Crippen LogP contribution in [0.25, 0.3) is 0 Å². The highest BCUT2D eigenvalue weighted by molar-refractivity contribution is 6.35. The second-order valence-corrected chi connectivity index (χ2v) is 5.74. The molecule has 2 N–H and O–H groups in total. The second kappa shape index (κ2) is 8.82. The summed E-state index contributed by atoms with van der Waals surface area (Å²) < 4.78 is 31.4. The predicted molar refractivity (Wildman–Crippen MR) is 91.1 cm³/mol. The second-order valence-electron chi connectivity index (χ2n) is 4.89. The molecule has 2 rings (SSSR count). The van der Waals surface area contributed by atoms with E-state index in [0.717, 1.165) is 0 Å². The van der Waals surface area contributed by atoms with Crippen LogP contribution in [0, 0.1) is 0 Å². The topological polar surface area (TPSA) is 76.4 Å². The van der Waals surface area contributed by atoms with Crippen molar-refractivity contribution in [2.75, 3.05) is 7.05 Å². The highest BCUT2D eigenvalue weighted by atomic mass is 35.5. The first-order valence-electron chi connectivity index (χ1n) is 7.10. The molecule has 0 fully saturated rings. The van der Waals surface area contributed by atoms with Gasteiger partial charge in [0.15, 0.2) is 11.8 Å². The molecular formula is C14H16Cl2F2N6O. The van der Waals surface area contributed by atoms with E-state index < -0.39 is 6.61 Å². The minimum atomic E-state index is -2.99. The van der Waals surface area contributed by atoms with Gasteiger partial charge in [0, 0.05) is 31.2 Å². The van der Waals surface area contributed by atoms with Gasteiger partial charge in [-0.05, 0) is 12.1 Å². The van der Waals surface area contributed by atoms with Gasteiger partial charge in [-0.3, -0.25) is 4.99 Å². The molecule has 11 heteroatoms. The summed E-state index contributed by atoms with van der Waals surface area (Å²) in [5.74, 6) is 1.01. The van der Waals surface area contributed by atoms with E-state index in [-0.39, 0.29) is 17.3 Å². The molecule has 25 heavy (non-hydrogen) atoms. The molecule has 7 nitrogen and oxygen atoms in total. The van der Waals surface area contributed by atoms with Crippen LogP contribution < -0.4 is 15.4 Å². The Morgan fingerprint density at radius 3 is 2.64 bits per heavy atom. The van der Waals surface area contributed by atoms with Crippen molar-refractivity contribution >= 4 is 29.2 Å². The van der Waals surface area contributed by atoms with Gasteiger partial charge in [-0.25, -0.2) is 0 Å². The summed E-state index contributed by atoms with van der Waals surface area (Å²) in [5.41, 5.74) is 0.374. The summed E-state index contributed by atoms with van der Waals surface area (Å²) in [7, 11) is 3.39. The summed E-state index contributed by atoms with van der Waals surface area (Å²) in [5, 5.41) is 14.0. The zero-order chi connectivity index (χ0) is 18.4. The smallest absolute Gasteiger partial charge is 0.387 e. The minimum Gasteiger partial charge on any atom is -0.433 e. The van der Waals surface area contributed by atoms with Gasteiger partial charge in [0.1, 0.15) is 12.1 Å². The van der Waals surface area contributed by atoms with Gasteiger partial charge in [0.2, 0.25) is 0 Å². The van der Waals surface area contributed by atoms with E-state index >= 15 is 0 Å². The third-order valence-electron chi connectivity index (χ3n) is 3.18. The van der Waals surface area contributed by atoms with Crippen molar-refractivity contribution in [2.45, 2.75) is 19.7 Å². The number of aromatic nitrogens is 3. The first-order valence-corrected chi connectivity index (χ1v) is 7.86. The lowest BCUT2D eigenvalue weighted by Crippen LogP contribution is -2.37. The number of nitrogens with one attached hydrogen (secondary N) is 2. The summed E-state index contributed by atoms with van der Waals surface area (Å²) in [6, 6.07) is 2.83. The number of hydrogen-bond donors (Lipinski definition) is 2. The molecule has 1 aromatic carbocycles. The lowest BCUT2D eigenvalue weighted by Gasteiger charge is -2.15. The average molecular weight is 393 g/mol. The van der Waals surface area contributed by atoms with Crippen LogP contribution in [0.4, 0.5) is 8.78 Å². The highest BCUT2D eigenvalue weighted by Gasteiger charge is 2.15. The Kier molecular flexibility index (Phi) is 6.77. The molecule has 0 atom stereocenters. The van der Waals surface area contributed by atoms with Crippen LogP contribution in [0.5, 0.6) is 5.75 Å². The molecule has 0 amide bonds. The van der Waals surface area contributed by atoms with Gasteiger partial charge in [0.25, 0.3) is 0 Å². The SMILES string of the molecule is CN=C(NCc1cc(Cl)cc(Cl)c1OC(F)F)NCc1nncn1C. The van der Waals surface area contributed by atoms with Crippen LogP contribution in [0.3, 0.4) is 0 Å². The van der Waals surface area contributed by atoms with E-state index in [9.17, 15) is 8.78 Å². The van der Waals surface area contributed by atoms with E-state index in [2.05, 4.69) is 30.6 Å². The molecule has 0 spiro atoms. The first-order chi connectivity index (χ1) is 11.9. The maximum atomic E-state index is 12.6. The zero-order valence-corrected chi connectivity index (χ0v) is 14.9. The predicted octanol–water partition coefficient (Wildman–Crippen LogP) is 2.59. The summed E-state index contributed by atoms with van der Waals surface area (Å²) in [4.78, 5) is 4.05. The van der Waals surface area contributed by atoms with E-state index in [1.807, 2.05) is 7.05 Å². The number of nitrogens with zero attached hydrogens (tertiary/aromatic N) is 4. The number of aryl methyl sites for hydroxylation is 1. The molecule has 0 saturated heterocycles. The molecule has 0 aliphatic carbocycles. The summed E-state index contributed by atoms with van der Waals surface area (Å²) >= 11 is 11.9. The third kappa shape index (κ3) is 5.43. The molecule has 0 saturated carbocycles. The maximum absolute atomic E-state index is 12.6.